The Balaban J connectivity index is 1.66. The Morgan fingerprint density at radius 3 is 2.12 bits per heavy atom. The van der Waals surface area contributed by atoms with Gasteiger partial charge in [0, 0.05) is 18.8 Å². The summed E-state index contributed by atoms with van der Waals surface area (Å²) in [4.78, 5) is 9.42. The smallest absolute Gasteiger partial charge is 0.128 e. The van der Waals surface area contributed by atoms with Gasteiger partial charge in [0.25, 0.3) is 0 Å². The van der Waals surface area contributed by atoms with Crippen LogP contribution >= 0.6 is 0 Å². The molecule has 1 heterocycles. The van der Waals surface area contributed by atoms with Gasteiger partial charge in [-0.25, -0.2) is 9.97 Å². The van der Waals surface area contributed by atoms with Crippen molar-refractivity contribution in [1.82, 2.24) is 9.97 Å². The lowest BCUT2D eigenvalue weighted by molar-refractivity contribution is 0.121. The molecule has 2 fully saturated rings. The van der Waals surface area contributed by atoms with Crippen molar-refractivity contribution in [3.05, 3.63) is 23.8 Å². The van der Waals surface area contributed by atoms with Crippen LogP contribution in [0.3, 0.4) is 0 Å². The molecule has 0 aromatic carbocycles. The van der Waals surface area contributed by atoms with Crippen molar-refractivity contribution in [2.24, 2.45) is 23.7 Å². The van der Waals surface area contributed by atoms with Crippen LogP contribution in [0.15, 0.2) is 12.4 Å². The number of hydrogen-bond acceptors (Lipinski definition) is 2. The van der Waals surface area contributed by atoms with E-state index in [1.807, 2.05) is 0 Å². The molecule has 0 aliphatic heterocycles. The molecule has 0 N–H and O–H groups in total. The van der Waals surface area contributed by atoms with Crippen LogP contribution in [0.1, 0.15) is 95.9 Å². The molecule has 0 spiro atoms. The average molecular weight is 343 g/mol. The van der Waals surface area contributed by atoms with Crippen molar-refractivity contribution in [3.8, 4) is 0 Å². The quantitative estimate of drug-likeness (QED) is 0.574. The fourth-order valence-corrected chi connectivity index (χ4v) is 5.47. The Morgan fingerprint density at radius 2 is 1.52 bits per heavy atom. The van der Waals surface area contributed by atoms with Crippen molar-refractivity contribution >= 4 is 0 Å². The molecule has 1 aromatic rings. The summed E-state index contributed by atoms with van der Waals surface area (Å²) in [6.07, 6.45) is 22.2. The molecule has 0 amide bonds. The van der Waals surface area contributed by atoms with Gasteiger partial charge in [-0.15, -0.1) is 0 Å². The summed E-state index contributed by atoms with van der Waals surface area (Å²) in [5, 5.41) is 0. The zero-order valence-electron chi connectivity index (χ0n) is 16.6. The van der Waals surface area contributed by atoms with E-state index in [1.54, 1.807) is 0 Å². The van der Waals surface area contributed by atoms with E-state index in [1.165, 1.54) is 76.2 Å². The van der Waals surface area contributed by atoms with Gasteiger partial charge in [-0.05, 0) is 48.5 Å². The minimum absolute atomic E-state index is 0.829. The number of nitrogens with zero attached hydrogens (tertiary/aromatic N) is 2. The van der Waals surface area contributed by atoms with Crippen LogP contribution in [-0.2, 0) is 12.8 Å². The topological polar surface area (TPSA) is 25.8 Å². The molecule has 2 nitrogen and oxygen atoms in total. The van der Waals surface area contributed by atoms with Crippen LogP contribution in [0.5, 0.6) is 0 Å². The van der Waals surface area contributed by atoms with Crippen LogP contribution in [0.2, 0.25) is 0 Å². The third-order valence-electron chi connectivity index (χ3n) is 7.03. The van der Waals surface area contributed by atoms with Crippen molar-refractivity contribution in [1.29, 1.82) is 0 Å². The third kappa shape index (κ3) is 5.28. The minimum atomic E-state index is 0.829. The van der Waals surface area contributed by atoms with E-state index in [-0.39, 0.29) is 0 Å². The summed E-state index contributed by atoms with van der Waals surface area (Å²) >= 11 is 0. The van der Waals surface area contributed by atoms with Gasteiger partial charge >= 0.3 is 0 Å². The summed E-state index contributed by atoms with van der Waals surface area (Å²) in [5.41, 5.74) is 1.26. The fraction of sp³-hybridized carbons (Fsp3) is 0.826. The van der Waals surface area contributed by atoms with E-state index < -0.39 is 0 Å². The Labute approximate surface area is 155 Å². The molecule has 1 aromatic heterocycles. The maximum Gasteiger partial charge on any atom is 0.128 e. The molecular weight excluding hydrogens is 304 g/mol. The normalized spacial score (nSPS) is 26.5. The largest absolute Gasteiger partial charge is 0.241 e. The highest BCUT2D eigenvalue weighted by molar-refractivity contribution is 5.05. The highest BCUT2D eigenvalue weighted by Crippen LogP contribution is 2.43. The van der Waals surface area contributed by atoms with E-state index in [4.69, 9.17) is 9.97 Å². The fourth-order valence-electron chi connectivity index (χ4n) is 5.47. The summed E-state index contributed by atoms with van der Waals surface area (Å²) in [6.45, 7) is 4.52. The molecule has 2 aliphatic carbocycles. The molecule has 3 rings (SSSR count). The lowest BCUT2D eigenvalue weighted by atomic mass is 9.66. The van der Waals surface area contributed by atoms with Crippen molar-refractivity contribution < 1.29 is 0 Å². The van der Waals surface area contributed by atoms with Crippen molar-refractivity contribution in [3.63, 3.8) is 0 Å². The Kier molecular flexibility index (Phi) is 7.31. The molecule has 2 heteroatoms. The van der Waals surface area contributed by atoms with Gasteiger partial charge in [0.05, 0.1) is 0 Å². The molecule has 0 radical (unpaired) electrons. The van der Waals surface area contributed by atoms with Crippen LogP contribution in [0.25, 0.3) is 0 Å². The zero-order valence-corrected chi connectivity index (χ0v) is 16.6. The minimum Gasteiger partial charge on any atom is -0.241 e. The SMILES string of the molecule is CCCC1CCC(C(Cc2ncc(CC)cn2)C2CCCCC2)CC1. The van der Waals surface area contributed by atoms with E-state index in [2.05, 4.69) is 26.2 Å². The first kappa shape index (κ1) is 18.9. The van der Waals surface area contributed by atoms with Gasteiger partial charge in [0.2, 0.25) is 0 Å². The van der Waals surface area contributed by atoms with Crippen LogP contribution in [0, 0.1) is 23.7 Å². The predicted molar refractivity (Wildman–Crippen MR) is 106 cm³/mol. The second-order valence-corrected chi connectivity index (χ2v) is 8.70. The maximum atomic E-state index is 4.71. The summed E-state index contributed by atoms with van der Waals surface area (Å²) in [5.74, 6) is 4.79. The van der Waals surface area contributed by atoms with Gasteiger partial charge < -0.3 is 0 Å². The molecule has 0 bridgehead atoms. The summed E-state index contributed by atoms with van der Waals surface area (Å²) in [6, 6.07) is 0. The van der Waals surface area contributed by atoms with Gasteiger partial charge in [0.15, 0.2) is 0 Å². The summed E-state index contributed by atoms with van der Waals surface area (Å²) in [7, 11) is 0. The van der Waals surface area contributed by atoms with E-state index >= 15 is 0 Å². The Bertz CT molecular complexity index is 481. The molecule has 1 unspecified atom stereocenters. The second kappa shape index (κ2) is 9.69. The first-order chi connectivity index (χ1) is 12.3. The number of hydrogen-bond donors (Lipinski definition) is 0. The van der Waals surface area contributed by atoms with Crippen molar-refractivity contribution in [2.75, 3.05) is 0 Å². The van der Waals surface area contributed by atoms with E-state index in [0.717, 1.165) is 42.3 Å². The lowest BCUT2D eigenvalue weighted by Crippen LogP contribution is -2.31. The standard InChI is InChI=1S/C23H38N2/c1-3-8-19-11-13-21(14-12-19)22(20-9-6-5-7-10-20)15-23-24-16-18(4-2)17-25-23/h16-17,19-22H,3-15H2,1-2H3. The highest BCUT2D eigenvalue weighted by atomic mass is 14.9. The van der Waals surface area contributed by atoms with Crippen molar-refractivity contribution in [2.45, 2.75) is 97.3 Å². The number of rotatable bonds is 7. The van der Waals surface area contributed by atoms with Crippen LogP contribution in [-0.4, -0.2) is 9.97 Å². The molecule has 25 heavy (non-hydrogen) atoms. The van der Waals surface area contributed by atoms with Gasteiger partial charge in [0.1, 0.15) is 5.82 Å². The third-order valence-corrected chi connectivity index (χ3v) is 7.03. The van der Waals surface area contributed by atoms with E-state index in [9.17, 15) is 0 Å². The number of aromatic nitrogens is 2. The Morgan fingerprint density at radius 1 is 0.880 bits per heavy atom. The molecule has 140 valence electrons. The van der Waals surface area contributed by atoms with Gasteiger partial charge in [-0.2, -0.15) is 0 Å². The zero-order chi connectivity index (χ0) is 17.5. The van der Waals surface area contributed by atoms with E-state index in [0.29, 0.717) is 0 Å². The molecular formula is C23H38N2. The number of aryl methyl sites for hydroxylation is 1. The molecule has 2 aliphatic rings. The van der Waals surface area contributed by atoms with Crippen LogP contribution < -0.4 is 0 Å². The first-order valence-corrected chi connectivity index (χ1v) is 11.1. The first-order valence-electron chi connectivity index (χ1n) is 11.1. The van der Waals surface area contributed by atoms with Crippen LogP contribution in [0.4, 0.5) is 0 Å². The van der Waals surface area contributed by atoms with Gasteiger partial charge in [-0.1, -0.05) is 71.6 Å². The summed E-state index contributed by atoms with van der Waals surface area (Å²) < 4.78 is 0. The average Bonchev–Trinajstić information content (AvgIpc) is 2.68. The van der Waals surface area contributed by atoms with Gasteiger partial charge in [-0.3, -0.25) is 0 Å². The lowest BCUT2D eigenvalue weighted by Gasteiger charge is -2.39. The highest BCUT2D eigenvalue weighted by Gasteiger charge is 2.33. The maximum absolute atomic E-state index is 4.71. The molecule has 1 atom stereocenters. The molecule has 2 saturated carbocycles. The monoisotopic (exact) mass is 342 g/mol. The predicted octanol–water partition coefficient (Wildman–Crippen LogP) is 6.38. The second-order valence-electron chi connectivity index (χ2n) is 8.70. The Hall–Kier alpha value is -0.920. The molecule has 0 saturated heterocycles.